The molecule has 0 aromatic carbocycles. The number of hydrogen-bond acceptors (Lipinski definition) is 4. The van der Waals surface area contributed by atoms with Crippen LogP contribution in [0.1, 0.15) is 104 Å². The molecule has 0 spiro atoms. The van der Waals surface area contributed by atoms with E-state index in [1.54, 1.807) is 0 Å². The molecule has 0 rings (SSSR count). The first-order chi connectivity index (χ1) is 13.2. The third-order valence-electron chi connectivity index (χ3n) is 4.80. The summed E-state index contributed by atoms with van der Waals surface area (Å²) in [6, 6.07) is 0. The molecule has 0 aromatic heterocycles. The van der Waals surface area contributed by atoms with Gasteiger partial charge in [-0.3, -0.25) is 9.36 Å². The van der Waals surface area contributed by atoms with Gasteiger partial charge < -0.3 is 19.6 Å². The number of carbonyl (C=O) groups excluding carboxylic acids is 1. The number of unbranched alkanes of at least 4 members (excludes halogenated alkanes) is 11. The zero-order valence-corrected chi connectivity index (χ0v) is 18.9. The van der Waals surface area contributed by atoms with Gasteiger partial charge in [-0.25, -0.2) is 0 Å². The first-order valence-electron chi connectivity index (χ1n) is 11.1. The van der Waals surface area contributed by atoms with E-state index in [1.165, 1.54) is 64.2 Å². The fourth-order valence-electron chi connectivity index (χ4n) is 3.18. The predicted molar refractivity (Wildman–Crippen MR) is 113 cm³/mol. The molecular formula is C21H43O6P. The number of aliphatic hydroxyl groups is 1. The maximum atomic E-state index is 11.5. The molecular weight excluding hydrogens is 379 g/mol. The van der Waals surface area contributed by atoms with Crippen LogP contribution < -0.4 is 0 Å². The molecule has 0 heterocycles. The average molecular weight is 423 g/mol. The van der Waals surface area contributed by atoms with Crippen molar-refractivity contribution in [3.05, 3.63) is 0 Å². The summed E-state index contributed by atoms with van der Waals surface area (Å²) in [5.41, 5.74) is 0. The highest BCUT2D eigenvalue weighted by molar-refractivity contribution is 7.51. The van der Waals surface area contributed by atoms with Gasteiger partial charge in [0.1, 0.15) is 6.61 Å². The van der Waals surface area contributed by atoms with Gasteiger partial charge in [-0.2, -0.15) is 0 Å². The summed E-state index contributed by atoms with van der Waals surface area (Å²) in [4.78, 5) is 29.0. The van der Waals surface area contributed by atoms with Crippen molar-refractivity contribution in [1.82, 2.24) is 0 Å². The molecule has 168 valence electrons. The van der Waals surface area contributed by atoms with Crippen LogP contribution in [0, 0.1) is 5.92 Å². The van der Waals surface area contributed by atoms with E-state index in [2.05, 4.69) is 13.8 Å². The van der Waals surface area contributed by atoms with Crippen LogP contribution in [-0.4, -0.2) is 39.7 Å². The van der Waals surface area contributed by atoms with Crippen molar-refractivity contribution in [3.8, 4) is 0 Å². The quantitative estimate of drug-likeness (QED) is 0.150. The fraction of sp³-hybridized carbons (Fsp3) is 0.952. The van der Waals surface area contributed by atoms with Gasteiger partial charge in [0.2, 0.25) is 0 Å². The Morgan fingerprint density at radius 1 is 0.821 bits per heavy atom. The molecule has 0 amide bonds. The highest BCUT2D eigenvalue weighted by atomic mass is 31.2. The van der Waals surface area contributed by atoms with Crippen molar-refractivity contribution in [2.24, 2.45) is 5.92 Å². The molecule has 0 fully saturated rings. The van der Waals surface area contributed by atoms with Gasteiger partial charge in [0.25, 0.3) is 0 Å². The van der Waals surface area contributed by atoms with Crippen LogP contribution in [0.2, 0.25) is 0 Å². The number of carbonyl (C=O) groups is 1. The number of aliphatic hydroxyl groups excluding tert-OH is 1. The molecule has 0 saturated heterocycles. The first-order valence-corrected chi connectivity index (χ1v) is 12.9. The zero-order chi connectivity index (χ0) is 21.3. The highest BCUT2D eigenvalue weighted by Gasteiger charge is 2.20. The molecule has 0 aliphatic carbocycles. The Hall–Kier alpha value is -0.420. The zero-order valence-electron chi connectivity index (χ0n) is 18.0. The minimum absolute atomic E-state index is 0.291. The second-order valence-corrected chi connectivity index (χ2v) is 10.1. The molecule has 0 aliphatic heterocycles. The van der Waals surface area contributed by atoms with Crippen LogP contribution in [0.4, 0.5) is 0 Å². The van der Waals surface area contributed by atoms with Crippen molar-refractivity contribution in [3.63, 3.8) is 0 Å². The smallest absolute Gasteiger partial charge is 0.328 e. The van der Waals surface area contributed by atoms with Gasteiger partial charge in [-0.05, 0) is 12.3 Å². The molecule has 0 radical (unpaired) electrons. The van der Waals surface area contributed by atoms with E-state index in [-0.39, 0.29) is 6.61 Å². The van der Waals surface area contributed by atoms with Gasteiger partial charge in [0.05, 0.1) is 12.3 Å². The van der Waals surface area contributed by atoms with Crippen molar-refractivity contribution >= 4 is 13.6 Å². The Morgan fingerprint density at radius 2 is 1.25 bits per heavy atom. The van der Waals surface area contributed by atoms with Gasteiger partial charge in [-0.15, -0.1) is 0 Å². The summed E-state index contributed by atoms with van der Waals surface area (Å²) in [5, 5.41) is 9.37. The van der Waals surface area contributed by atoms with Crippen molar-refractivity contribution in [2.45, 2.75) is 110 Å². The normalized spacial score (nSPS) is 13.1. The Bertz CT molecular complexity index is 421. The van der Waals surface area contributed by atoms with E-state index >= 15 is 0 Å². The van der Waals surface area contributed by atoms with Crippen LogP contribution in [0.15, 0.2) is 0 Å². The van der Waals surface area contributed by atoms with Crippen LogP contribution >= 0.6 is 7.60 Å². The minimum Gasteiger partial charge on any atom is -0.463 e. The third kappa shape index (κ3) is 21.9. The lowest BCUT2D eigenvalue weighted by Crippen LogP contribution is -2.22. The van der Waals surface area contributed by atoms with Crippen LogP contribution in [-0.2, 0) is 14.1 Å². The number of esters is 1. The highest BCUT2D eigenvalue weighted by Crippen LogP contribution is 2.34. The summed E-state index contributed by atoms with van der Waals surface area (Å²) in [6.45, 7) is 4.22. The first kappa shape index (κ1) is 27.6. The summed E-state index contributed by atoms with van der Waals surface area (Å²) in [7, 11) is -4.28. The number of rotatable bonds is 19. The molecule has 0 aliphatic rings. The van der Waals surface area contributed by atoms with E-state index in [9.17, 15) is 14.5 Å². The molecule has 6 nitrogen and oxygen atoms in total. The van der Waals surface area contributed by atoms with Crippen molar-refractivity contribution in [1.29, 1.82) is 0 Å². The maximum Gasteiger partial charge on any atom is 0.328 e. The Morgan fingerprint density at radius 3 is 1.68 bits per heavy atom. The maximum absolute atomic E-state index is 11.5. The molecule has 0 aromatic rings. The van der Waals surface area contributed by atoms with Gasteiger partial charge in [0.15, 0.2) is 0 Å². The standard InChI is InChI=1S/C21H43O6P/c1-19(2)15-13-11-9-7-5-3-4-6-8-10-12-14-16-21(23)27-17-20(22)18-28(24,25)26/h19-20,22H,3-18H2,1-2H3,(H2,24,25,26). The van der Waals surface area contributed by atoms with E-state index in [4.69, 9.17) is 14.5 Å². The van der Waals surface area contributed by atoms with Crippen LogP contribution in [0.25, 0.3) is 0 Å². The molecule has 3 N–H and O–H groups in total. The van der Waals surface area contributed by atoms with Gasteiger partial charge in [0, 0.05) is 6.42 Å². The largest absolute Gasteiger partial charge is 0.463 e. The predicted octanol–water partition coefficient (Wildman–Crippen LogP) is 5.19. The topological polar surface area (TPSA) is 104 Å². The molecule has 28 heavy (non-hydrogen) atoms. The molecule has 7 heteroatoms. The molecule has 0 saturated carbocycles. The number of hydrogen-bond donors (Lipinski definition) is 3. The van der Waals surface area contributed by atoms with E-state index in [0.717, 1.165) is 25.2 Å². The second-order valence-electron chi connectivity index (χ2n) is 8.36. The van der Waals surface area contributed by atoms with E-state index in [1.807, 2.05) is 0 Å². The Balaban J connectivity index is 3.30. The average Bonchev–Trinajstić information content (AvgIpc) is 2.58. The SMILES string of the molecule is CC(C)CCCCCCCCCCCCCCC(=O)OCC(O)CP(=O)(O)O. The van der Waals surface area contributed by atoms with E-state index in [0.29, 0.717) is 6.42 Å². The van der Waals surface area contributed by atoms with Crippen molar-refractivity contribution < 1.29 is 29.0 Å². The monoisotopic (exact) mass is 422 g/mol. The Kier molecular flexibility index (Phi) is 17.2. The lowest BCUT2D eigenvalue weighted by atomic mass is 10.0. The van der Waals surface area contributed by atoms with Crippen molar-refractivity contribution in [2.75, 3.05) is 12.8 Å². The second kappa shape index (κ2) is 17.4. The summed E-state index contributed by atoms with van der Waals surface area (Å²) < 4.78 is 15.5. The summed E-state index contributed by atoms with van der Waals surface area (Å²) in [6.07, 6.45) is 14.4. The lowest BCUT2D eigenvalue weighted by molar-refractivity contribution is -0.146. The minimum atomic E-state index is -4.28. The van der Waals surface area contributed by atoms with Crippen LogP contribution in [0.3, 0.4) is 0 Å². The fourth-order valence-corrected chi connectivity index (χ4v) is 3.83. The Labute approximate surface area is 171 Å². The summed E-state index contributed by atoms with van der Waals surface area (Å²) >= 11 is 0. The third-order valence-corrected chi connectivity index (χ3v) is 5.69. The molecule has 1 unspecified atom stereocenters. The van der Waals surface area contributed by atoms with Gasteiger partial charge in [-0.1, -0.05) is 90.9 Å². The molecule has 1 atom stereocenters. The number of ether oxygens (including phenoxy) is 1. The summed E-state index contributed by atoms with van der Waals surface area (Å²) in [5.74, 6) is 0.414. The lowest BCUT2D eigenvalue weighted by Gasteiger charge is -2.12. The van der Waals surface area contributed by atoms with Gasteiger partial charge >= 0.3 is 13.6 Å². The van der Waals surface area contributed by atoms with Crippen LogP contribution in [0.5, 0.6) is 0 Å². The molecule has 0 bridgehead atoms. The van der Waals surface area contributed by atoms with E-state index < -0.39 is 25.8 Å².